The summed E-state index contributed by atoms with van der Waals surface area (Å²) in [6.45, 7) is 6.02. The minimum Gasteiger partial charge on any atom is -0.494 e. The average molecular weight is 451 g/mol. The fourth-order valence-corrected chi connectivity index (χ4v) is 3.47. The molecular weight excluding hydrogens is 428 g/mol. The third-order valence-electron chi connectivity index (χ3n) is 5.01. The summed E-state index contributed by atoms with van der Waals surface area (Å²) in [6.07, 6.45) is 0. The number of nitrogens with zero attached hydrogens (tertiary/aromatic N) is 2. The maximum atomic E-state index is 13.3. The van der Waals surface area contributed by atoms with Crippen LogP contribution in [0.3, 0.4) is 0 Å². The first-order valence-electron chi connectivity index (χ1n) is 10.1. The topological polar surface area (TPSA) is 92.3 Å². The van der Waals surface area contributed by atoms with Crippen LogP contribution in [0.15, 0.2) is 53.3 Å². The molecule has 0 atom stereocenters. The van der Waals surface area contributed by atoms with Crippen molar-refractivity contribution in [3.05, 3.63) is 91.7 Å². The molecule has 1 heterocycles. The van der Waals surface area contributed by atoms with Crippen LogP contribution in [-0.2, 0) is 6.54 Å². The van der Waals surface area contributed by atoms with Gasteiger partial charge in [-0.15, -0.1) is 0 Å². The van der Waals surface area contributed by atoms with Crippen molar-refractivity contribution in [1.82, 2.24) is 4.57 Å². The summed E-state index contributed by atoms with van der Waals surface area (Å²) in [7, 11) is 0. The van der Waals surface area contributed by atoms with Crippen LogP contribution in [0.2, 0.25) is 5.02 Å². The summed E-state index contributed by atoms with van der Waals surface area (Å²) in [6, 6.07) is 15.2. The van der Waals surface area contributed by atoms with E-state index >= 15 is 0 Å². The molecule has 3 aromatic rings. The van der Waals surface area contributed by atoms with E-state index in [1.807, 2.05) is 19.9 Å². The Hall–Kier alpha value is -3.56. The molecular formula is C25H23ClN2O4. The van der Waals surface area contributed by atoms with Gasteiger partial charge >= 0.3 is 0 Å². The predicted molar refractivity (Wildman–Crippen MR) is 123 cm³/mol. The maximum Gasteiger partial charge on any atom is 0.271 e. The molecule has 0 aliphatic heterocycles. The molecule has 0 amide bonds. The SMILES string of the molecule is Cc1c(C(=O)c2ccc(OCC(C)C)cc2)c(O)n(Cc2ccccc2Cl)c(=O)c1C#N. The van der Waals surface area contributed by atoms with Crippen LogP contribution in [0, 0.1) is 24.2 Å². The molecule has 0 saturated heterocycles. The van der Waals surface area contributed by atoms with Crippen molar-refractivity contribution in [2.24, 2.45) is 5.92 Å². The Balaban J connectivity index is 2.06. The highest BCUT2D eigenvalue weighted by atomic mass is 35.5. The first-order valence-corrected chi connectivity index (χ1v) is 10.5. The van der Waals surface area contributed by atoms with E-state index in [2.05, 4.69) is 0 Å². The fourth-order valence-electron chi connectivity index (χ4n) is 3.28. The van der Waals surface area contributed by atoms with Gasteiger partial charge in [0.25, 0.3) is 5.56 Å². The van der Waals surface area contributed by atoms with E-state index in [1.165, 1.54) is 6.92 Å². The number of pyridine rings is 1. The minimum atomic E-state index is -0.684. The Morgan fingerprint density at radius 2 is 1.84 bits per heavy atom. The zero-order valence-electron chi connectivity index (χ0n) is 18.1. The molecule has 2 aromatic carbocycles. The lowest BCUT2D eigenvalue weighted by atomic mass is 9.97. The number of aromatic hydroxyl groups is 1. The Bertz CT molecular complexity index is 1250. The third-order valence-corrected chi connectivity index (χ3v) is 5.38. The van der Waals surface area contributed by atoms with Crippen molar-refractivity contribution in [2.45, 2.75) is 27.3 Å². The second-order valence-corrected chi connectivity index (χ2v) is 8.26. The fraction of sp³-hybridized carbons (Fsp3) is 0.240. The van der Waals surface area contributed by atoms with Crippen molar-refractivity contribution < 1.29 is 14.6 Å². The summed E-state index contributed by atoms with van der Waals surface area (Å²) in [4.78, 5) is 26.1. The normalized spacial score (nSPS) is 10.8. The van der Waals surface area contributed by atoms with Crippen LogP contribution in [0.25, 0.3) is 0 Å². The quantitative estimate of drug-likeness (QED) is 0.526. The highest BCUT2D eigenvalue weighted by molar-refractivity contribution is 6.31. The van der Waals surface area contributed by atoms with Crippen LogP contribution in [0.4, 0.5) is 0 Å². The number of carbonyl (C=O) groups excluding carboxylic acids is 1. The molecule has 6 nitrogen and oxygen atoms in total. The summed E-state index contributed by atoms with van der Waals surface area (Å²) in [5.74, 6) is -0.0200. The summed E-state index contributed by atoms with van der Waals surface area (Å²) < 4.78 is 6.64. The van der Waals surface area contributed by atoms with E-state index in [-0.39, 0.29) is 23.2 Å². The average Bonchev–Trinajstić information content (AvgIpc) is 2.77. The standard InChI is InChI=1S/C25H23ClN2O4/c1-15(2)14-32-19-10-8-17(9-11-19)23(29)22-16(3)20(12-27)24(30)28(25(22)31)13-18-6-4-5-7-21(18)26/h4-11,15,31H,13-14H2,1-3H3. The van der Waals surface area contributed by atoms with E-state index in [1.54, 1.807) is 48.5 Å². The molecule has 32 heavy (non-hydrogen) atoms. The molecule has 1 N–H and O–H groups in total. The van der Waals surface area contributed by atoms with Crippen molar-refractivity contribution >= 4 is 17.4 Å². The van der Waals surface area contributed by atoms with E-state index in [9.17, 15) is 20.0 Å². The number of carbonyl (C=O) groups is 1. The molecule has 0 aliphatic carbocycles. The monoisotopic (exact) mass is 450 g/mol. The molecule has 3 rings (SSSR count). The van der Waals surface area contributed by atoms with Crippen molar-refractivity contribution in [2.75, 3.05) is 6.61 Å². The van der Waals surface area contributed by atoms with Crippen molar-refractivity contribution in [1.29, 1.82) is 5.26 Å². The Morgan fingerprint density at radius 3 is 2.44 bits per heavy atom. The molecule has 0 bridgehead atoms. The molecule has 0 aliphatic rings. The number of benzene rings is 2. The van der Waals surface area contributed by atoms with Gasteiger partial charge in [0.05, 0.1) is 18.7 Å². The number of nitriles is 1. The summed E-state index contributed by atoms with van der Waals surface area (Å²) >= 11 is 6.20. The van der Waals surface area contributed by atoms with Gasteiger partial charge in [0.2, 0.25) is 5.88 Å². The minimum absolute atomic E-state index is 0.0818. The van der Waals surface area contributed by atoms with Gasteiger partial charge in [0, 0.05) is 10.6 Å². The first-order chi connectivity index (χ1) is 15.2. The highest BCUT2D eigenvalue weighted by Gasteiger charge is 2.25. The van der Waals surface area contributed by atoms with Crippen LogP contribution < -0.4 is 10.3 Å². The van der Waals surface area contributed by atoms with Gasteiger partial charge in [-0.25, -0.2) is 0 Å². The highest BCUT2D eigenvalue weighted by Crippen LogP contribution is 2.27. The van der Waals surface area contributed by atoms with Gasteiger partial charge in [0.15, 0.2) is 5.78 Å². The number of halogens is 1. The molecule has 0 saturated carbocycles. The maximum absolute atomic E-state index is 13.3. The largest absolute Gasteiger partial charge is 0.494 e. The number of hydrogen-bond acceptors (Lipinski definition) is 5. The van der Waals surface area contributed by atoms with Crippen LogP contribution in [0.1, 0.15) is 46.5 Å². The van der Waals surface area contributed by atoms with Crippen LogP contribution in [-0.4, -0.2) is 22.1 Å². The molecule has 7 heteroatoms. The zero-order valence-corrected chi connectivity index (χ0v) is 18.8. The Kier molecular flexibility index (Phi) is 7.01. The van der Waals surface area contributed by atoms with Gasteiger partial charge < -0.3 is 9.84 Å². The summed E-state index contributed by atoms with van der Waals surface area (Å²) in [5, 5.41) is 20.9. The second-order valence-electron chi connectivity index (χ2n) is 7.85. The van der Waals surface area contributed by atoms with Crippen LogP contribution >= 0.6 is 11.6 Å². The van der Waals surface area contributed by atoms with Crippen molar-refractivity contribution in [3.63, 3.8) is 0 Å². The Labute approximate surface area is 191 Å². The summed E-state index contributed by atoms with van der Waals surface area (Å²) in [5.41, 5.74) is 0.0302. The third kappa shape index (κ3) is 4.68. The predicted octanol–water partition coefficient (Wildman–Crippen LogP) is 4.70. The number of rotatable bonds is 7. The van der Waals surface area contributed by atoms with E-state index in [0.717, 1.165) is 4.57 Å². The van der Waals surface area contributed by atoms with Crippen LogP contribution in [0.5, 0.6) is 11.6 Å². The molecule has 0 unspecified atom stereocenters. The molecule has 164 valence electrons. The van der Waals surface area contributed by atoms with E-state index < -0.39 is 17.2 Å². The van der Waals surface area contributed by atoms with Gasteiger partial charge in [-0.05, 0) is 54.3 Å². The zero-order chi connectivity index (χ0) is 23.4. The first kappa shape index (κ1) is 23.1. The van der Waals surface area contributed by atoms with Gasteiger partial charge in [0.1, 0.15) is 17.4 Å². The van der Waals surface area contributed by atoms with Gasteiger partial charge in [-0.3, -0.25) is 14.2 Å². The van der Waals surface area contributed by atoms with Gasteiger partial charge in [-0.2, -0.15) is 5.26 Å². The number of aromatic nitrogens is 1. The molecule has 0 fully saturated rings. The lowest BCUT2D eigenvalue weighted by Crippen LogP contribution is -2.27. The number of ketones is 1. The second kappa shape index (κ2) is 9.71. The lowest BCUT2D eigenvalue weighted by Gasteiger charge is -2.16. The Morgan fingerprint density at radius 1 is 1.19 bits per heavy atom. The lowest BCUT2D eigenvalue weighted by molar-refractivity contribution is 0.103. The van der Waals surface area contributed by atoms with Crippen molar-refractivity contribution in [3.8, 4) is 17.7 Å². The molecule has 0 spiro atoms. The molecule has 1 aromatic heterocycles. The van der Waals surface area contributed by atoms with Gasteiger partial charge in [-0.1, -0.05) is 43.6 Å². The number of hydrogen-bond donors (Lipinski definition) is 1. The smallest absolute Gasteiger partial charge is 0.271 e. The van der Waals surface area contributed by atoms with E-state index in [0.29, 0.717) is 34.4 Å². The molecule has 0 radical (unpaired) electrons. The number of ether oxygens (including phenoxy) is 1. The van der Waals surface area contributed by atoms with E-state index in [4.69, 9.17) is 16.3 Å².